The van der Waals surface area contributed by atoms with Crippen LogP contribution < -0.4 is 9.46 Å². The third-order valence-corrected chi connectivity index (χ3v) is 4.74. The molecule has 21 heavy (non-hydrogen) atoms. The highest BCUT2D eigenvalue weighted by Gasteiger charge is 2.28. The van der Waals surface area contributed by atoms with Gasteiger partial charge in [0.25, 0.3) is 0 Å². The fourth-order valence-electron chi connectivity index (χ4n) is 2.25. The van der Waals surface area contributed by atoms with Gasteiger partial charge in [0.1, 0.15) is 12.4 Å². The first-order chi connectivity index (χ1) is 10.1. The zero-order chi connectivity index (χ0) is 14.9. The van der Waals surface area contributed by atoms with Crippen molar-refractivity contribution in [3.63, 3.8) is 0 Å². The maximum absolute atomic E-state index is 12.4. The molecule has 0 amide bonds. The SMILES string of the molecule is N#Cc1cccc(S(=O)(=O)NC2COc3ccccc32)c1. The Kier molecular flexibility index (Phi) is 3.37. The Morgan fingerprint density at radius 1 is 1.19 bits per heavy atom. The number of hydrogen-bond acceptors (Lipinski definition) is 4. The molecule has 1 N–H and O–H groups in total. The summed E-state index contributed by atoms with van der Waals surface area (Å²) in [6.45, 7) is 0.260. The van der Waals surface area contributed by atoms with E-state index in [-0.39, 0.29) is 11.5 Å². The van der Waals surface area contributed by atoms with Crippen LogP contribution in [0.1, 0.15) is 17.2 Å². The van der Waals surface area contributed by atoms with Crippen molar-refractivity contribution in [1.82, 2.24) is 4.72 Å². The van der Waals surface area contributed by atoms with Crippen molar-refractivity contribution in [2.24, 2.45) is 0 Å². The van der Waals surface area contributed by atoms with Gasteiger partial charge in [-0.2, -0.15) is 5.26 Å². The number of nitrogens with one attached hydrogen (secondary N) is 1. The van der Waals surface area contributed by atoms with Gasteiger partial charge < -0.3 is 4.74 Å². The van der Waals surface area contributed by atoms with E-state index in [1.54, 1.807) is 18.2 Å². The maximum atomic E-state index is 12.4. The average Bonchev–Trinajstić information content (AvgIpc) is 2.90. The molecule has 0 saturated heterocycles. The lowest BCUT2D eigenvalue weighted by Gasteiger charge is -2.12. The van der Waals surface area contributed by atoms with Gasteiger partial charge in [-0.05, 0) is 24.3 Å². The summed E-state index contributed by atoms with van der Waals surface area (Å²) < 4.78 is 32.9. The van der Waals surface area contributed by atoms with Gasteiger partial charge in [0.2, 0.25) is 10.0 Å². The third kappa shape index (κ3) is 2.61. The normalized spacial score (nSPS) is 16.8. The molecular formula is C15H12N2O3S. The van der Waals surface area contributed by atoms with Crippen LogP contribution in [0.5, 0.6) is 5.75 Å². The van der Waals surface area contributed by atoms with Gasteiger partial charge in [0.15, 0.2) is 0 Å². The molecule has 1 unspecified atom stereocenters. The highest BCUT2D eigenvalue weighted by Crippen LogP contribution is 2.32. The molecule has 2 aromatic carbocycles. The highest BCUT2D eigenvalue weighted by atomic mass is 32.2. The molecule has 0 saturated carbocycles. The molecule has 1 aliphatic heterocycles. The van der Waals surface area contributed by atoms with Crippen LogP contribution in [0, 0.1) is 11.3 Å². The van der Waals surface area contributed by atoms with Crippen LogP contribution in [-0.2, 0) is 10.0 Å². The van der Waals surface area contributed by atoms with Gasteiger partial charge in [-0.3, -0.25) is 0 Å². The largest absolute Gasteiger partial charge is 0.491 e. The van der Waals surface area contributed by atoms with Crippen LogP contribution in [0.4, 0.5) is 0 Å². The first-order valence-corrected chi connectivity index (χ1v) is 7.83. The predicted molar refractivity (Wildman–Crippen MR) is 76.2 cm³/mol. The van der Waals surface area contributed by atoms with Crippen LogP contribution in [0.25, 0.3) is 0 Å². The van der Waals surface area contributed by atoms with Gasteiger partial charge in [0, 0.05) is 5.56 Å². The number of rotatable bonds is 3. The quantitative estimate of drug-likeness (QED) is 0.940. The van der Waals surface area contributed by atoms with Crippen LogP contribution >= 0.6 is 0 Å². The van der Waals surface area contributed by atoms with Gasteiger partial charge in [-0.25, -0.2) is 13.1 Å². The van der Waals surface area contributed by atoms with Crippen molar-refractivity contribution < 1.29 is 13.2 Å². The fourth-order valence-corrected chi connectivity index (χ4v) is 3.49. The Morgan fingerprint density at radius 3 is 2.81 bits per heavy atom. The van der Waals surface area contributed by atoms with E-state index < -0.39 is 16.1 Å². The molecule has 0 bridgehead atoms. The highest BCUT2D eigenvalue weighted by molar-refractivity contribution is 7.89. The molecule has 2 aromatic rings. The van der Waals surface area contributed by atoms with Crippen molar-refractivity contribution in [2.75, 3.05) is 6.61 Å². The van der Waals surface area contributed by atoms with E-state index in [4.69, 9.17) is 10.00 Å². The van der Waals surface area contributed by atoms with E-state index in [0.29, 0.717) is 11.3 Å². The molecular weight excluding hydrogens is 288 g/mol. The van der Waals surface area contributed by atoms with Crippen molar-refractivity contribution in [2.45, 2.75) is 10.9 Å². The Balaban J connectivity index is 1.89. The molecule has 106 valence electrons. The number of ether oxygens (including phenoxy) is 1. The number of para-hydroxylation sites is 1. The molecule has 0 spiro atoms. The summed E-state index contributed by atoms with van der Waals surface area (Å²) in [5.41, 5.74) is 1.12. The summed E-state index contributed by atoms with van der Waals surface area (Å²) >= 11 is 0. The van der Waals surface area contributed by atoms with E-state index in [9.17, 15) is 8.42 Å². The zero-order valence-electron chi connectivity index (χ0n) is 11.0. The second-order valence-electron chi connectivity index (χ2n) is 4.66. The number of benzene rings is 2. The summed E-state index contributed by atoms with van der Waals surface area (Å²) in [5, 5.41) is 8.86. The summed E-state index contributed by atoms with van der Waals surface area (Å²) in [6.07, 6.45) is 0. The number of fused-ring (bicyclic) bond motifs is 1. The molecule has 0 aliphatic carbocycles. The number of hydrogen-bond donors (Lipinski definition) is 1. The molecule has 3 rings (SSSR count). The number of nitriles is 1. The van der Waals surface area contributed by atoms with Crippen LogP contribution in [-0.4, -0.2) is 15.0 Å². The Hall–Kier alpha value is -2.36. The monoisotopic (exact) mass is 300 g/mol. The van der Waals surface area contributed by atoms with Crippen molar-refractivity contribution in [1.29, 1.82) is 5.26 Å². The zero-order valence-corrected chi connectivity index (χ0v) is 11.8. The minimum atomic E-state index is -3.70. The molecule has 0 aromatic heterocycles. The van der Waals surface area contributed by atoms with E-state index in [2.05, 4.69) is 4.72 Å². The minimum Gasteiger partial charge on any atom is -0.491 e. The lowest BCUT2D eigenvalue weighted by molar-refractivity contribution is 0.325. The second kappa shape index (κ2) is 5.20. The van der Waals surface area contributed by atoms with E-state index in [0.717, 1.165) is 5.56 Å². The third-order valence-electron chi connectivity index (χ3n) is 3.27. The van der Waals surface area contributed by atoms with Crippen molar-refractivity contribution in [3.05, 3.63) is 59.7 Å². The fraction of sp³-hybridized carbons (Fsp3) is 0.133. The molecule has 6 heteroatoms. The Bertz CT molecular complexity index is 825. The number of sulfonamides is 1. The first kappa shape index (κ1) is 13.6. The van der Waals surface area contributed by atoms with Crippen molar-refractivity contribution >= 4 is 10.0 Å². The number of nitrogens with zero attached hydrogens (tertiary/aromatic N) is 1. The smallest absolute Gasteiger partial charge is 0.241 e. The minimum absolute atomic E-state index is 0.0749. The standard InChI is InChI=1S/C15H12N2O3S/c16-9-11-4-3-5-12(8-11)21(18,19)17-14-10-20-15-7-2-1-6-13(14)15/h1-8,14,17H,10H2. The predicted octanol–water partition coefficient (Wildman–Crippen LogP) is 1.97. The van der Waals surface area contributed by atoms with Gasteiger partial charge in [0.05, 0.1) is 22.6 Å². The summed E-state index contributed by atoms with van der Waals surface area (Å²) in [7, 11) is -3.70. The Labute approximate surface area is 122 Å². The van der Waals surface area contributed by atoms with Gasteiger partial charge in [-0.1, -0.05) is 24.3 Å². The van der Waals surface area contributed by atoms with Crippen LogP contribution in [0.15, 0.2) is 53.4 Å². The molecule has 5 nitrogen and oxygen atoms in total. The molecule has 1 aliphatic rings. The molecule has 0 fully saturated rings. The lowest BCUT2D eigenvalue weighted by Crippen LogP contribution is -2.29. The first-order valence-electron chi connectivity index (χ1n) is 6.34. The summed E-state index contributed by atoms with van der Waals surface area (Å²) in [6, 6.07) is 14.8. The maximum Gasteiger partial charge on any atom is 0.241 e. The molecule has 1 atom stereocenters. The van der Waals surface area contributed by atoms with Crippen LogP contribution in [0.3, 0.4) is 0 Å². The second-order valence-corrected chi connectivity index (χ2v) is 6.38. The molecule has 1 heterocycles. The lowest BCUT2D eigenvalue weighted by atomic mass is 10.1. The Morgan fingerprint density at radius 2 is 2.00 bits per heavy atom. The van der Waals surface area contributed by atoms with E-state index in [1.807, 2.05) is 24.3 Å². The average molecular weight is 300 g/mol. The van der Waals surface area contributed by atoms with E-state index in [1.165, 1.54) is 12.1 Å². The summed E-state index contributed by atoms with van der Waals surface area (Å²) in [4.78, 5) is 0.0749. The molecule has 0 radical (unpaired) electrons. The van der Waals surface area contributed by atoms with Crippen LogP contribution in [0.2, 0.25) is 0 Å². The van der Waals surface area contributed by atoms with Gasteiger partial charge >= 0.3 is 0 Å². The van der Waals surface area contributed by atoms with E-state index >= 15 is 0 Å². The summed E-state index contributed by atoms with van der Waals surface area (Å²) in [5.74, 6) is 0.691. The van der Waals surface area contributed by atoms with Gasteiger partial charge in [-0.15, -0.1) is 0 Å². The topological polar surface area (TPSA) is 79.2 Å². The van der Waals surface area contributed by atoms with Crippen molar-refractivity contribution in [3.8, 4) is 11.8 Å².